The van der Waals surface area contributed by atoms with Gasteiger partial charge in [-0.15, -0.1) is 11.3 Å². The maximum Gasteiger partial charge on any atom is 0.241 e. The molecule has 0 saturated heterocycles. The Morgan fingerprint density at radius 2 is 2.22 bits per heavy atom. The van der Waals surface area contributed by atoms with Gasteiger partial charge in [0.1, 0.15) is 4.90 Å². The van der Waals surface area contributed by atoms with E-state index in [4.69, 9.17) is 5.73 Å². The van der Waals surface area contributed by atoms with Gasteiger partial charge in [0.25, 0.3) is 0 Å². The maximum atomic E-state index is 12.2. The Morgan fingerprint density at radius 3 is 2.78 bits per heavy atom. The van der Waals surface area contributed by atoms with E-state index in [1.165, 1.54) is 30.6 Å². The third-order valence-corrected chi connectivity index (χ3v) is 6.46. The molecular weight excluding hydrogens is 268 g/mol. The summed E-state index contributed by atoms with van der Waals surface area (Å²) in [5, 5.41) is 1.85. The van der Waals surface area contributed by atoms with E-state index in [9.17, 15) is 8.42 Å². The molecular formula is C12H20N2O2S2. The highest BCUT2D eigenvalue weighted by molar-refractivity contribution is 7.89. The zero-order valence-corrected chi connectivity index (χ0v) is 12.2. The topological polar surface area (TPSA) is 72.2 Å². The average molecular weight is 288 g/mol. The second-order valence-corrected chi connectivity index (χ2v) is 7.53. The van der Waals surface area contributed by atoms with Gasteiger partial charge in [-0.05, 0) is 30.2 Å². The van der Waals surface area contributed by atoms with E-state index in [-0.39, 0.29) is 6.54 Å². The number of hydrogen-bond acceptors (Lipinski definition) is 4. The Labute approximate surface area is 113 Å². The third kappa shape index (κ3) is 2.93. The Kier molecular flexibility index (Phi) is 4.42. The summed E-state index contributed by atoms with van der Waals surface area (Å²) in [6.45, 7) is 2.62. The second-order valence-electron chi connectivity index (χ2n) is 4.86. The first kappa shape index (κ1) is 14.0. The summed E-state index contributed by atoms with van der Waals surface area (Å²) < 4.78 is 27.1. The van der Waals surface area contributed by atoms with Gasteiger partial charge in [-0.3, -0.25) is 0 Å². The highest BCUT2D eigenvalue weighted by atomic mass is 32.2. The van der Waals surface area contributed by atoms with Crippen LogP contribution in [0.2, 0.25) is 0 Å². The van der Waals surface area contributed by atoms with Crippen LogP contribution in [-0.2, 0) is 16.6 Å². The maximum absolute atomic E-state index is 12.2. The van der Waals surface area contributed by atoms with Crippen molar-refractivity contribution in [3.63, 3.8) is 0 Å². The molecule has 1 fully saturated rings. The number of nitrogens with one attached hydrogen (secondary N) is 1. The molecule has 1 aliphatic rings. The van der Waals surface area contributed by atoms with Gasteiger partial charge >= 0.3 is 0 Å². The van der Waals surface area contributed by atoms with E-state index in [1.54, 1.807) is 0 Å². The quantitative estimate of drug-likeness (QED) is 0.841. The Bertz CT molecular complexity index is 504. The van der Waals surface area contributed by atoms with Crippen LogP contribution >= 0.6 is 11.3 Å². The molecule has 0 bridgehead atoms. The summed E-state index contributed by atoms with van der Waals surface area (Å²) in [6, 6.07) is 0. The minimum Gasteiger partial charge on any atom is -0.326 e. The zero-order valence-electron chi connectivity index (χ0n) is 10.6. The van der Waals surface area contributed by atoms with Gasteiger partial charge in [0, 0.05) is 18.0 Å². The van der Waals surface area contributed by atoms with Crippen molar-refractivity contribution in [3.8, 4) is 0 Å². The smallest absolute Gasteiger partial charge is 0.241 e. The van der Waals surface area contributed by atoms with Crippen molar-refractivity contribution in [1.29, 1.82) is 0 Å². The molecule has 0 aliphatic heterocycles. The fraction of sp³-hybridized carbons (Fsp3) is 0.667. The van der Waals surface area contributed by atoms with Gasteiger partial charge < -0.3 is 5.73 Å². The molecule has 1 aromatic rings. The molecule has 1 aromatic heterocycles. The molecule has 0 amide bonds. The van der Waals surface area contributed by atoms with E-state index < -0.39 is 10.0 Å². The first-order chi connectivity index (χ1) is 8.54. The predicted molar refractivity (Wildman–Crippen MR) is 74.1 cm³/mol. The molecule has 3 N–H and O–H groups in total. The van der Waals surface area contributed by atoms with Crippen molar-refractivity contribution in [2.24, 2.45) is 11.7 Å². The SMILES string of the molecule is Cc1csc(CN)c1S(=O)(=O)NCCC1CCC1. The molecule has 4 nitrogen and oxygen atoms in total. The van der Waals surface area contributed by atoms with Crippen LogP contribution in [-0.4, -0.2) is 15.0 Å². The van der Waals surface area contributed by atoms with Gasteiger partial charge in [-0.25, -0.2) is 13.1 Å². The van der Waals surface area contributed by atoms with E-state index in [1.807, 2.05) is 12.3 Å². The lowest BCUT2D eigenvalue weighted by Gasteiger charge is -2.25. The second kappa shape index (κ2) is 5.69. The van der Waals surface area contributed by atoms with Crippen LogP contribution < -0.4 is 10.5 Å². The minimum absolute atomic E-state index is 0.275. The number of aryl methyl sites for hydroxylation is 1. The molecule has 6 heteroatoms. The molecule has 0 radical (unpaired) electrons. The third-order valence-electron chi connectivity index (χ3n) is 3.51. The molecule has 0 atom stereocenters. The normalized spacial score (nSPS) is 16.8. The van der Waals surface area contributed by atoms with Crippen molar-refractivity contribution in [2.75, 3.05) is 6.54 Å². The van der Waals surface area contributed by atoms with E-state index >= 15 is 0 Å². The van der Waals surface area contributed by atoms with Crippen molar-refractivity contribution in [2.45, 2.75) is 44.0 Å². The summed E-state index contributed by atoms with van der Waals surface area (Å²) in [4.78, 5) is 1.13. The zero-order chi connectivity index (χ0) is 13.2. The lowest BCUT2D eigenvalue weighted by Crippen LogP contribution is -2.28. The summed E-state index contributed by atoms with van der Waals surface area (Å²) >= 11 is 1.41. The van der Waals surface area contributed by atoms with Gasteiger partial charge in [0.05, 0.1) is 0 Å². The fourth-order valence-corrected chi connectivity index (χ4v) is 4.99. The molecule has 1 heterocycles. The first-order valence-corrected chi connectivity index (χ1v) is 8.67. The molecule has 18 heavy (non-hydrogen) atoms. The van der Waals surface area contributed by atoms with Crippen molar-refractivity contribution < 1.29 is 8.42 Å². The standard InChI is InChI=1S/C12H20N2O2S2/c1-9-8-17-11(7-13)12(9)18(15,16)14-6-5-10-3-2-4-10/h8,10,14H,2-7,13H2,1H3. The minimum atomic E-state index is -3.39. The van der Waals surface area contributed by atoms with E-state index in [0.29, 0.717) is 17.4 Å². The summed E-state index contributed by atoms with van der Waals surface area (Å²) in [7, 11) is -3.39. The Morgan fingerprint density at radius 1 is 1.50 bits per heavy atom. The summed E-state index contributed by atoms with van der Waals surface area (Å²) in [5.74, 6) is 0.713. The Balaban J connectivity index is 2.02. The van der Waals surface area contributed by atoms with Gasteiger partial charge in [-0.1, -0.05) is 19.3 Å². The number of nitrogens with two attached hydrogens (primary N) is 1. The lowest BCUT2D eigenvalue weighted by atomic mass is 9.83. The average Bonchev–Trinajstić information content (AvgIpc) is 2.64. The molecule has 0 unspecified atom stereocenters. The number of thiophene rings is 1. The molecule has 1 aliphatic carbocycles. The summed E-state index contributed by atoms with van der Waals surface area (Å²) in [6.07, 6.45) is 4.72. The Hall–Kier alpha value is -0.430. The van der Waals surface area contributed by atoms with Crippen molar-refractivity contribution >= 4 is 21.4 Å². The summed E-state index contributed by atoms with van der Waals surface area (Å²) in [5.41, 5.74) is 6.37. The molecule has 1 saturated carbocycles. The van der Waals surface area contributed by atoms with Gasteiger partial charge in [0.15, 0.2) is 0 Å². The largest absolute Gasteiger partial charge is 0.326 e. The van der Waals surface area contributed by atoms with Crippen LogP contribution in [0, 0.1) is 12.8 Å². The van der Waals surface area contributed by atoms with Crippen LogP contribution in [0.3, 0.4) is 0 Å². The number of sulfonamides is 1. The van der Waals surface area contributed by atoms with Crippen LogP contribution in [0.1, 0.15) is 36.1 Å². The highest BCUT2D eigenvalue weighted by Crippen LogP contribution is 2.29. The van der Waals surface area contributed by atoms with Gasteiger partial charge in [-0.2, -0.15) is 0 Å². The van der Waals surface area contributed by atoms with Crippen molar-refractivity contribution in [1.82, 2.24) is 4.72 Å². The molecule has 0 spiro atoms. The van der Waals surface area contributed by atoms with E-state index in [2.05, 4.69) is 4.72 Å². The first-order valence-electron chi connectivity index (χ1n) is 6.31. The monoisotopic (exact) mass is 288 g/mol. The number of rotatable bonds is 6. The van der Waals surface area contributed by atoms with Crippen LogP contribution in [0.5, 0.6) is 0 Å². The fourth-order valence-electron chi connectivity index (χ4n) is 2.24. The lowest BCUT2D eigenvalue weighted by molar-refractivity contribution is 0.297. The van der Waals surface area contributed by atoms with Gasteiger partial charge in [0.2, 0.25) is 10.0 Å². The van der Waals surface area contributed by atoms with Crippen LogP contribution in [0.4, 0.5) is 0 Å². The van der Waals surface area contributed by atoms with Crippen LogP contribution in [0.15, 0.2) is 10.3 Å². The van der Waals surface area contributed by atoms with Crippen LogP contribution in [0.25, 0.3) is 0 Å². The molecule has 2 rings (SSSR count). The predicted octanol–water partition coefficient (Wildman–Crippen LogP) is 1.98. The molecule has 0 aromatic carbocycles. The van der Waals surface area contributed by atoms with E-state index in [0.717, 1.165) is 16.9 Å². The molecule has 102 valence electrons. The van der Waals surface area contributed by atoms with Crippen molar-refractivity contribution in [3.05, 3.63) is 15.8 Å². The highest BCUT2D eigenvalue weighted by Gasteiger charge is 2.23. The number of hydrogen-bond donors (Lipinski definition) is 2.